The van der Waals surface area contributed by atoms with Crippen LogP contribution in [0.5, 0.6) is 0 Å². The Kier molecular flexibility index (Phi) is 3.53. The predicted octanol–water partition coefficient (Wildman–Crippen LogP) is 0.0659. The monoisotopic (exact) mass is 203 g/mol. The largest absolute Gasteiger partial charge is 0.388 e. The molecule has 1 fully saturated rings. The van der Waals surface area contributed by atoms with Gasteiger partial charge in [-0.25, -0.2) is 0 Å². The van der Waals surface area contributed by atoms with Gasteiger partial charge >= 0.3 is 0 Å². The van der Waals surface area contributed by atoms with Crippen LogP contribution in [-0.4, -0.2) is 39.7 Å². The summed E-state index contributed by atoms with van der Waals surface area (Å²) >= 11 is 0. The summed E-state index contributed by atoms with van der Waals surface area (Å²) in [5.74, 6) is 0. The van der Waals surface area contributed by atoms with E-state index in [-0.39, 0.29) is 5.41 Å². The standard InChI is InChI=1S/C10H19O4/c1-10(2,3)4-7-9(13)8(12)6(11)5-14-7/h5-9,11-13H,4H2,1-3H3/t6-,7+,8-,9+/m0/s1. The topological polar surface area (TPSA) is 69.9 Å². The third-order valence-electron chi connectivity index (χ3n) is 2.29. The Bertz CT molecular complexity index is 187. The summed E-state index contributed by atoms with van der Waals surface area (Å²) in [6.07, 6.45) is -3.06. The van der Waals surface area contributed by atoms with Gasteiger partial charge in [0.1, 0.15) is 24.9 Å². The van der Waals surface area contributed by atoms with Gasteiger partial charge in [-0.3, -0.25) is 0 Å². The molecule has 0 amide bonds. The van der Waals surface area contributed by atoms with E-state index in [1.807, 2.05) is 20.8 Å². The summed E-state index contributed by atoms with van der Waals surface area (Å²) in [6.45, 7) is 7.27. The molecular formula is C10H19O4. The highest BCUT2D eigenvalue weighted by Crippen LogP contribution is 2.29. The maximum absolute atomic E-state index is 9.62. The molecule has 4 nitrogen and oxygen atoms in total. The molecule has 0 aromatic rings. The van der Waals surface area contributed by atoms with Gasteiger partial charge in [0.05, 0.1) is 6.10 Å². The lowest BCUT2D eigenvalue weighted by atomic mass is 9.85. The Morgan fingerprint density at radius 1 is 1.14 bits per heavy atom. The van der Waals surface area contributed by atoms with Crippen LogP contribution in [0.3, 0.4) is 0 Å². The summed E-state index contributed by atoms with van der Waals surface area (Å²) in [5.41, 5.74) is 0.0154. The van der Waals surface area contributed by atoms with E-state index in [1.54, 1.807) is 0 Å². The fourth-order valence-electron chi connectivity index (χ4n) is 1.54. The number of hydrogen-bond donors (Lipinski definition) is 3. The van der Waals surface area contributed by atoms with Crippen LogP contribution < -0.4 is 0 Å². The van der Waals surface area contributed by atoms with E-state index >= 15 is 0 Å². The molecule has 1 saturated heterocycles. The minimum Gasteiger partial charge on any atom is -0.388 e. The zero-order valence-electron chi connectivity index (χ0n) is 8.84. The number of rotatable bonds is 1. The Morgan fingerprint density at radius 3 is 2.21 bits per heavy atom. The number of ether oxygens (including phenoxy) is 1. The van der Waals surface area contributed by atoms with Crippen LogP contribution in [0.25, 0.3) is 0 Å². The Morgan fingerprint density at radius 2 is 1.71 bits per heavy atom. The summed E-state index contributed by atoms with van der Waals surface area (Å²) in [4.78, 5) is 0. The fourth-order valence-corrected chi connectivity index (χ4v) is 1.54. The number of hydrogen-bond acceptors (Lipinski definition) is 4. The van der Waals surface area contributed by atoms with Crippen molar-refractivity contribution in [2.45, 2.75) is 51.6 Å². The van der Waals surface area contributed by atoms with Gasteiger partial charge in [-0.15, -0.1) is 0 Å². The van der Waals surface area contributed by atoms with Crippen molar-refractivity contribution in [3.05, 3.63) is 6.61 Å². The molecule has 1 rings (SSSR count). The molecule has 3 N–H and O–H groups in total. The Balaban J connectivity index is 2.55. The molecule has 0 saturated carbocycles. The van der Waals surface area contributed by atoms with Gasteiger partial charge in [-0.05, 0) is 11.8 Å². The summed E-state index contributed by atoms with van der Waals surface area (Å²) in [7, 11) is 0. The Labute approximate surface area is 84.5 Å². The van der Waals surface area contributed by atoms with Crippen molar-refractivity contribution >= 4 is 0 Å². The lowest BCUT2D eigenvalue weighted by Gasteiger charge is -2.37. The summed E-state index contributed by atoms with van der Waals surface area (Å²) < 4.78 is 5.16. The summed E-state index contributed by atoms with van der Waals surface area (Å²) in [6, 6.07) is 0. The molecule has 0 spiro atoms. The molecule has 83 valence electrons. The normalized spacial score (nSPS) is 39.9. The van der Waals surface area contributed by atoms with Gasteiger partial charge in [0.2, 0.25) is 0 Å². The van der Waals surface area contributed by atoms with Crippen molar-refractivity contribution in [3.8, 4) is 0 Å². The molecular weight excluding hydrogens is 184 g/mol. The maximum atomic E-state index is 9.62. The second kappa shape index (κ2) is 4.14. The van der Waals surface area contributed by atoms with Crippen LogP contribution in [0, 0.1) is 12.0 Å². The molecule has 4 atom stereocenters. The van der Waals surface area contributed by atoms with Crippen LogP contribution in [0.4, 0.5) is 0 Å². The molecule has 0 bridgehead atoms. The second-order valence-electron chi connectivity index (χ2n) is 5.05. The maximum Gasteiger partial charge on any atom is 0.115 e. The predicted molar refractivity (Wildman–Crippen MR) is 51.3 cm³/mol. The van der Waals surface area contributed by atoms with Crippen LogP contribution >= 0.6 is 0 Å². The quantitative estimate of drug-likeness (QED) is 0.564. The van der Waals surface area contributed by atoms with Crippen molar-refractivity contribution in [2.75, 3.05) is 0 Å². The highest BCUT2D eigenvalue weighted by Gasteiger charge is 2.39. The summed E-state index contributed by atoms with van der Waals surface area (Å²) in [5, 5.41) is 28.2. The van der Waals surface area contributed by atoms with Crippen molar-refractivity contribution in [2.24, 2.45) is 5.41 Å². The molecule has 0 aliphatic carbocycles. The van der Waals surface area contributed by atoms with E-state index in [9.17, 15) is 15.3 Å². The smallest absolute Gasteiger partial charge is 0.115 e. The average Bonchev–Trinajstić information content (AvgIpc) is 2.04. The van der Waals surface area contributed by atoms with Crippen LogP contribution in [0.1, 0.15) is 27.2 Å². The van der Waals surface area contributed by atoms with E-state index in [4.69, 9.17) is 4.74 Å². The van der Waals surface area contributed by atoms with Crippen molar-refractivity contribution in [1.82, 2.24) is 0 Å². The minimum absolute atomic E-state index is 0.0154. The van der Waals surface area contributed by atoms with Crippen molar-refractivity contribution in [1.29, 1.82) is 0 Å². The molecule has 4 heteroatoms. The number of aliphatic hydroxyl groups is 3. The van der Waals surface area contributed by atoms with E-state index in [2.05, 4.69) is 0 Å². The van der Waals surface area contributed by atoms with Crippen molar-refractivity contribution < 1.29 is 20.1 Å². The Hall–Kier alpha value is -0.160. The third-order valence-corrected chi connectivity index (χ3v) is 2.29. The van der Waals surface area contributed by atoms with Crippen LogP contribution in [0.2, 0.25) is 0 Å². The molecule has 1 radical (unpaired) electrons. The third kappa shape index (κ3) is 2.92. The molecule has 0 unspecified atom stereocenters. The van der Waals surface area contributed by atoms with E-state index < -0.39 is 24.4 Å². The van der Waals surface area contributed by atoms with E-state index in [1.165, 1.54) is 6.61 Å². The molecule has 0 aromatic heterocycles. The first-order valence-corrected chi connectivity index (χ1v) is 4.84. The lowest BCUT2D eigenvalue weighted by molar-refractivity contribution is -0.167. The highest BCUT2D eigenvalue weighted by molar-refractivity contribution is 4.92. The van der Waals surface area contributed by atoms with Gasteiger partial charge in [0.15, 0.2) is 0 Å². The fraction of sp³-hybridized carbons (Fsp3) is 0.900. The van der Waals surface area contributed by atoms with Gasteiger partial charge < -0.3 is 20.1 Å². The van der Waals surface area contributed by atoms with Crippen LogP contribution in [-0.2, 0) is 4.74 Å². The second-order valence-corrected chi connectivity index (χ2v) is 5.05. The molecule has 1 aliphatic rings. The first kappa shape index (κ1) is 11.9. The van der Waals surface area contributed by atoms with Crippen LogP contribution in [0.15, 0.2) is 0 Å². The zero-order chi connectivity index (χ0) is 10.9. The van der Waals surface area contributed by atoms with Crippen molar-refractivity contribution in [3.63, 3.8) is 0 Å². The molecule has 1 heterocycles. The first-order valence-electron chi connectivity index (χ1n) is 4.84. The van der Waals surface area contributed by atoms with E-state index in [0.717, 1.165) is 0 Å². The highest BCUT2D eigenvalue weighted by atomic mass is 16.5. The zero-order valence-corrected chi connectivity index (χ0v) is 8.84. The first-order chi connectivity index (χ1) is 6.31. The van der Waals surface area contributed by atoms with E-state index in [0.29, 0.717) is 6.42 Å². The SMILES string of the molecule is CC(C)(C)C[C@H]1O[CH][C@H](O)[C@H](O)[C@@H]1O. The lowest BCUT2D eigenvalue weighted by Crippen LogP contribution is -2.51. The van der Waals surface area contributed by atoms with Gasteiger partial charge in [0.25, 0.3) is 0 Å². The van der Waals surface area contributed by atoms with Gasteiger partial charge in [-0.1, -0.05) is 20.8 Å². The molecule has 0 aromatic carbocycles. The molecule has 1 aliphatic heterocycles. The average molecular weight is 203 g/mol. The minimum atomic E-state index is -1.14. The number of aliphatic hydroxyl groups excluding tert-OH is 3. The van der Waals surface area contributed by atoms with Gasteiger partial charge in [-0.2, -0.15) is 0 Å². The van der Waals surface area contributed by atoms with Gasteiger partial charge in [0, 0.05) is 0 Å². The molecule has 14 heavy (non-hydrogen) atoms.